The maximum absolute atomic E-state index is 15.7. The minimum atomic E-state index is -3.89. The molecule has 55 heavy (non-hydrogen) atoms. The van der Waals surface area contributed by atoms with Crippen molar-refractivity contribution in [2.75, 3.05) is 9.80 Å². The Bertz CT molecular complexity index is 2640. The van der Waals surface area contributed by atoms with Gasteiger partial charge in [0, 0.05) is 55.8 Å². The Morgan fingerprint density at radius 3 is 1.16 bits per heavy atom. The first-order valence-corrected chi connectivity index (χ1v) is 17.8. The zero-order valence-electron chi connectivity index (χ0n) is 28.5. The van der Waals surface area contributed by atoms with E-state index in [0.29, 0.717) is 28.2 Å². The lowest BCUT2D eigenvalue weighted by Gasteiger charge is -2.45. The Morgan fingerprint density at radius 1 is 0.382 bits per heavy atom. The third-order valence-corrected chi connectivity index (χ3v) is 11.7. The van der Waals surface area contributed by atoms with E-state index in [1.807, 2.05) is 84.9 Å². The van der Waals surface area contributed by atoms with Crippen LogP contribution in [0.3, 0.4) is 0 Å². The van der Waals surface area contributed by atoms with Crippen molar-refractivity contribution in [1.29, 1.82) is 0 Å². The van der Waals surface area contributed by atoms with E-state index in [1.165, 1.54) is 0 Å². The quantitative estimate of drug-likeness (QED) is 0.128. The van der Waals surface area contributed by atoms with Gasteiger partial charge in [0.1, 0.15) is 0 Å². The van der Waals surface area contributed by atoms with Crippen LogP contribution >= 0.6 is 0 Å². The standard InChI is InChI=1S/C44H25BF8N2/c46-41(47)22-43(50,51)30-20-38-32(18-28(30)41)45-33-19-29-31(44(52,53)23-42(29,48)49)21-39(33)55(35-15-6-11-25-9-2-4-13-27(25)35)37-17-7-16-36(40(37)45)54(38)34-14-5-10-24-8-1-3-12-26(24)34/h1-21H,22-23H2. The van der Waals surface area contributed by atoms with Crippen molar-refractivity contribution >= 4 is 78.8 Å². The minimum Gasteiger partial charge on any atom is -0.311 e. The Labute approximate surface area is 309 Å². The molecule has 0 bridgehead atoms. The highest BCUT2D eigenvalue weighted by Crippen LogP contribution is 2.58. The molecule has 0 atom stereocenters. The number of nitrogens with zero attached hydrogens (tertiary/aromatic N) is 2. The molecule has 0 spiro atoms. The molecular formula is C44H25BF8N2. The average molecular weight is 744 g/mol. The molecule has 0 saturated carbocycles. The van der Waals surface area contributed by atoms with Gasteiger partial charge in [0.15, 0.2) is 0 Å². The fourth-order valence-electron chi connectivity index (χ4n) is 9.50. The van der Waals surface area contributed by atoms with E-state index in [2.05, 4.69) is 0 Å². The molecule has 2 nitrogen and oxygen atoms in total. The van der Waals surface area contributed by atoms with Gasteiger partial charge in [0.05, 0.1) is 24.2 Å². The van der Waals surface area contributed by atoms with E-state index in [0.717, 1.165) is 45.8 Å². The molecule has 0 amide bonds. The molecule has 0 aromatic heterocycles. The highest BCUT2D eigenvalue weighted by Gasteiger charge is 2.59. The predicted molar refractivity (Wildman–Crippen MR) is 200 cm³/mol. The summed E-state index contributed by atoms with van der Waals surface area (Å²) in [6.07, 6.45) is -3.43. The van der Waals surface area contributed by atoms with Gasteiger partial charge in [-0.25, -0.2) is 35.1 Å². The molecule has 0 N–H and O–H groups in total. The van der Waals surface area contributed by atoms with Gasteiger partial charge in [-0.15, -0.1) is 0 Å². The van der Waals surface area contributed by atoms with Crippen LogP contribution in [-0.2, 0) is 23.7 Å². The summed E-state index contributed by atoms with van der Waals surface area (Å²) in [5, 5.41) is 3.19. The topological polar surface area (TPSA) is 6.48 Å². The molecule has 11 heteroatoms. The third-order valence-electron chi connectivity index (χ3n) is 11.7. The second kappa shape index (κ2) is 10.5. The van der Waals surface area contributed by atoms with E-state index >= 15 is 35.1 Å². The molecule has 4 aliphatic rings. The number of halogens is 8. The van der Waals surface area contributed by atoms with Crippen LogP contribution in [0.4, 0.5) is 69.2 Å². The second-order valence-electron chi connectivity index (χ2n) is 14.9. The molecular weight excluding hydrogens is 719 g/mol. The predicted octanol–water partition coefficient (Wildman–Crippen LogP) is 11.3. The Kier molecular flexibility index (Phi) is 6.20. The van der Waals surface area contributed by atoms with Crippen LogP contribution in [0.25, 0.3) is 21.5 Å². The van der Waals surface area contributed by atoms with Crippen LogP contribution < -0.4 is 26.2 Å². The first-order valence-electron chi connectivity index (χ1n) is 17.8. The van der Waals surface area contributed by atoms with Gasteiger partial charge in [-0.05, 0) is 63.6 Å². The lowest BCUT2D eigenvalue weighted by atomic mass is 9.33. The van der Waals surface area contributed by atoms with Gasteiger partial charge < -0.3 is 9.80 Å². The van der Waals surface area contributed by atoms with Crippen molar-refractivity contribution in [2.24, 2.45) is 0 Å². The largest absolute Gasteiger partial charge is 0.311 e. The first kappa shape index (κ1) is 32.6. The number of hydrogen-bond acceptors (Lipinski definition) is 2. The molecule has 11 rings (SSSR count). The number of benzene rings is 7. The van der Waals surface area contributed by atoms with Crippen molar-refractivity contribution in [2.45, 2.75) is 36.5 Å². The Balaban J connectivity index is 1.30. The fraction of sp³-hybridized carbons (Fsp3) is 0.136. The molecule has 0 fully saturated rings. The highest BCUT2D eigenvalue weighted by molar-refractivity contribution is 7.00. The summed E-state index contributed by atoms with van der Waals surface area (Å²) < 4.78 is 125. The van der Waals surface area contributed by atoms with Crippen LogP contribution in [0.5, 0.6) is 0 Å². The van der Waals surface area contributed by atoms with Crippen molar-refractivity contribution < 1.29 is 35.1 Å². The molecule has 2 heterocycles. The normalized spacial score (nSPS) is 18.9. The lowest BCUT2D eigenvalue weighted by molar-refractivity contribution is -0.0935. The van der Waals surface area contributed by atoms with Gasteiger partial charge in [-0.1, -0.05) is 91.0 Å². The SMILES string of the molecule is FC1(F)CC(F)(F)c2cc3c(cc21)B1c2cc4c(cc2N(c2cccc5ccccc25)c2cccc(c21)N3c1cccc2ccccc12)C(F)(F)CC4(F)F. The van der Waals surface area contributed by atoms with Crippen molar-refractivity contribution in [3.8, 4) is 0 Å². The van der Waals surface area contributed by atoms with Gasteiger partial charge in [0.2, 0.25) is 0 Å². The van der Waals surface area contributed by atoms with Crippen molar-refractivity contribution in [1.82, 2.24) is 0 Å². The summed E-state index contributed by atoms with van der Waals surface area (Å²) in [6.45, 7) is -1.07. The van der Waals surface area contributed by atoms with Crippen LogP contribution in [0.15, 0.2) is 127 Å². The summed E-state index contributed by atoms with van der Waals surface area (Å²) in [6, 6.07) is 35.8. The summed E-state index contributed by atoms with van der Waals surface area (Å²) in [4.78, 5) is 3.56. The van der Waals surface area contributed by atoms with Crippen LogP contribution in [0.2, 0.25) is 0 Å². The number of hydrogen-bond donors (Lipinski definition) is 0. The van der Waals surface area contributed by atoms with E-state index in [4.69, 9.17) is 0 Å². The number of fused-ring (bicyclic) bond motifs is 8. The number of rotatable bonds is 2. The number of anilines is 6. The van der Waals surface area contributed by atoms with E-state index in [-0.39, 0.29) is 22.3 Å². The molecule has 270 valence electrons. The average Bonchev–Trinajstić information content (AvgIpc) is 3.46. The zero-order valence-corrected chi connectivity index (χ0v) is 28.5. The van der Waals surface area contributed by atoms with Gasteiger partial charge >= 0.3 is 0 Å². The summed E-state index contributed by atoms with van der Waals surface area (Å²) in [5.74, 6) is -15.5. The highest BCUT2D eigenvalue weighted by atomic mass is 19.3. The summed E-state index contributed by atoms with van der Waals surface area (Å²) in [7, 11) is 0. The molecule has 0 saturated heterocycles. The molecule has 7 aromatic rings. The maximum Gasteiger partial charge on any atom is 0.279 e. The zero-order chi connectivity index (χ0) is 37.8. The monoisotopic (exact) mass is 744 g/mol. The summed E-state index contributed by atoms with van der Waals surface area (Å²) in [5.41, 5.74) is 0.107. The van der Waals surface area contributed by atoms with Crippen LogP contribution in [0, 0.1) is 0 Å². The Hall–Kier alpha value is -5.84. The van der Waals surface area contributed by atoms with Crippen LogP contribution in [-0.4, -0.2) is 6.71 Å². The van der Waals surface area contributed by atoms with Crippen molar-refractivity contribution in [3.05, 3.63) is 150 Å². The molecule has 0 unspecified atom stereocenters. The maximum atomic E-state index is 15.7. The van der Waals surface area contributed by atoms with E-state index in [9.17, 15) is 0 Å². The smallest absolute Gasteiger partial charge is 0.279 e. The van der Waals surface area contributed by atoms with Gasteiger partial charge in [-0.3, -0.25) is 0 Å². The Morgan fingerprint density at radius 2 is 0.727 bits per heavy atom. The minimum absolute atomic E-state index is 0.171. The number of alkyl halides is 8. The molecule has 7 aromatic carbocycles. The molecule has 2 aliphatic heterocycles. The first-order chi connectivity index (χ1) is 26.3. The lowest BCUT2D eigenvalue weighted by Crippen LogP contribution is -2.61. The van der Waals surface area contributed by atoms with Crippen molar-refractivity contribution in [3.63, 3.8) is 0 Å². The van der Waals surface area contributed by atoms with Gasteiger partial charge in [-0.2, -0.15) is 0 Å². The third kappa shape index (κ3) is 4.32. The van der Waals surface area contributed by atoms with Gasteiger partial charge in [0.25, 0.3) is 30.4 Å². The van der Waals surface area contributed by atoms with E-state index in [1.54, 1.807) is 28.0 Å². The van der Waals surface area contributed by atoms with Crippen LogP contribution in [0.1, 0.15) is 35.1 Å². The van der Waals surface area contributed by atoms with E-state index < -0.39 is 65.5 Å². The molecule has 2 aliphatic carbocycles. The second-order valence-corrected chi connectivity index (χ2v) is 14.9. The summed E-state index contributed by atoms with van der Waals surface area (Å²) >= 11 is 0. The fourth-order valence-corrected chi connectivity index (χ4v) is 9.50. The molecule has 0 radical (unpaired) electrons.